The minimum absolute atomic E-state index is 0.116. The van der Waals surface area contributed by atoms with Gasteiger partial charge in [-0.1, -0.05) is 56.3 Å². The summed E-state index contributed by atoms with van der Waals surface area (Å²) in [6.45, 7) is 7.91. The summed E-state index contributed by atoms with van der Waals surface area (Å²) >= 11 is 0. The van der Waals surface area contributed by atoms with Gasteiger partial charge in [0.1, 0.15) is 11.6 Å². The van der Waals surface area contributed by atoms with Crippen LogP contribution in [0, 0.1) is 5.82 Å². The van der Waals surface area contributed by atoms with Crippen molar-refractivity contribution in [2.45, 2.75) is 38.8 Å². The van der Waals surface area contributed by atoms with Gasteiger partial charge in [0.2, 0.25) is 5.91 Å². The zero-order chi connectivity index (χ0) is 27.1. The number of amides is 2. The number of methoxy groups -OCH3 is 1. The van der Waals surface area contributed by atoms with Gasteiger partial charge in [0.15, 0.2) is 0 Å². The zero-order valence-corrected chi connectivity index (χ0v) is 22.3. The van der Waals surface area contributed by atoms with Crippen molar-refractivity contribution >= 4 is 11.8 Å². The van der Waals surface area contributed by atoms with E-state index in [1.54, 1.807) is 30.2 Å². The first-order valence-corrected chi connectivity index (χ1v) is 13.2. The molecule has 0 aromatic heterocycles. The monoisotopic (exact) mass is 517 g/mol. The van der Waals surface area contributed by atoms with Gasteiger partial charge in [0.05, 0.1) is 19.1 Å². The summed E-state index contributed by atoms with van der Waals surface area (Å²) in [6, 6.07) is 20.4. The molecule has 1 aliphatic heterocycles. The van der Waals surface area contributed by atoms with Crippen LogP contribution in [0.3, 0.4) is 0 Å². The van der Waals surface area contributed by atoms with E-state index in [-0.39, 0.29) is 24.2 Å². The van der Waals surface area contributed by atoms with Gasteiger partial charge in [-0.2, -0.15) is 0 Å². The molecule has 2 amide bonds. The van der Waals surface area contributed by atoms with Gasteiger partial charge >= 0.3 is 0 Å². The van der Waals surface area contributed by atoms with Crippen LogP contribution >= 0.6 is 0 Å². The fourth-order valence-corrected chi connectivity index (χ4v) is 5.17. The summed E-state index contributed by atoms with van der Waals surface area (Å²) in [5.74, 6) is -0.520. The molecule has 4 rings (SSSR count). The number of carbonyl (C=O) groups excluding carboxylic acids is 2. The fraction of sp³-hybridized carbons (Fsp3) is 0.355. The number of fused-ring (bicyclic) bond motifs is 1. The molecular weight excluding hydrogens is 481 g/mol. The second kappa shape index (κ2) is 12.7. The number of nitrogens with zero attached hydrogens (tertiary/aromatic N) is 2. The predicted molar refractivity (Wildman–Crippen MR) is 147 cm³/mol. The topological polar surface area (TPSA) is 61.9 Å². The summed E-state index contributed by atoms with van der Waals surface area (Å²) < 4.78 is 19.0. The lowest BCUT2D eigenvalue weighted by molar-refractivity contribution is -0.124. The van der Waals surface area contributed by atoms with Gasteiger partial charge in [-0.3, -0.25) is 9.59 Å². The van der Waals surface area contributed by atoms with Gasteiger partial charge in [0.25, 0.3) is 5.91 Å². The molecule has 3 aromatic carbocycles. The molecule has 0 spiro atoms. The van der Waals surface area contributed by atoms with E-state index in [9.17, 15) is 14.0 Å². The molecule has 0 unspecified atom stereocenters. The van der Waals surface area contributed by atoms with Crippen LogP contribution in [0.2, 0.25) is 0 Å². The Kier molecular flexibility index (Phi) is 9.13. The van der Waals surface area contributed by atoms with Crippen LogP contribution in [0.1, 0.15) is 59.3 Å². The molecular formula is C31H36FN3O3. The van der Waals surface area contributed by atoms with Crippen molar-refractivity contribution in [1.82, 2.24) is 15.1 Å². The number of nitrogens with one attached hydrogen (secondary N) is 1. The van der Waals surface area contributed by atoms with E-state index in [1.165, 1.54) is 12.1 Å². The van der Waals surface area contributed by atoms with Crippen LogP contribution in [0.5, 0.6) is 5.75 Å². The maximum absolute atomic E-state index is 13.9. The molecule has 0 bridgehead atoms. The lowest BCUT2D eigenvalue weighted by Gasteiger charge is -2.42. The van der Waals surface area contributed by atoms with Crippen molar-refractivity contribution in [3.63, 3.8) is 0 Å². The molecule has 1 heterocycles. The largest absolute Gasteiger partial charge is 0.497 e. The number of rotatable bonds is 11. The summed E-state index contributed by atoms with van der Waals surface area (Å²) in [5, 5.41) is 3.15. The van der Waals surface area contributed by atoms with Crippen LogP contribution in [0.4, 0.5) is 4.39 Å². The first-order valence-electron chi connectivity index (χ1n) is 13.2. The van der Waals surface area contributed by atoms with Crippen LogP contribution < -0.4 is 10.1 Å². The lowest BCUT2D eigenvalue weighted by atomic mass is 9.79. The number of halogens is 1. The first kappa shape index (κ1) is 27.3. The van der Waals surface area contributed by atoms with E-state index in [1.807, 2.05) is 42.5 Å². The molecule has 0 aliphatic carbocycles. The highest BCUT2D eigenvalue weighted by Gasteiger charge is 2.44. The molecule has 0 saturated heterocycles. The second-order valence-corrected chi connectivity index (χ2v) is 9.51. The molecule has 2 atom stereocenters. The van der Waals surface area contributed by atoms with E-state index >= 15 is 0 Å². The Morgan fingerprint density at radius 2 is 1.68 bits per heavy atom. The fourth-order valence-electron chi connectivity index (χ4n) is 5.17. The highest BCUT2D eigenvalue weighted by Crippen LogP contribution is 2.44. The quantitative estimate of drug-likeness (QED) is 0.357. The number of hydrogen-bond donors (Lipinski definition) is 1. The third-order valence-corrected chi connectivity index (χ3v) is 7.29. The van der Waals surface area contributed by atoms with E-state index in [4.69, 9.17) is 4.74 Å². The van der Waals surface area contributed by atoms with Crippen LogP contribution in [-0.4, -0.2) is 54.9 Å². The molecule has 1 aliphatic rings. The lowest BCUT2D eigenvalue weighted by Crippen LogP contribution is -2.47. The molecule has 3 aromatic rings. The van der Waals surface area contributed by atoms with Crippen molar-refractivity contribution in [2.24, 2.45) is 0 Å². The minimum Gasteiger partial charge on any atom is -0.497 e. The van der Waals surface area contributed by atoms with Gasteiger partial charge in [-0.15, -0.1) is 0 Å². The molecule has 7 heteroatoms. The smallest absolute Gasteiger partial charge is 0.255 e. The SMILES string of the molecule is CCN(CC)CCCNC(=O)[C@@H]1c2ccccc2C(=O)N(Cc2ccc(F)cc2)[C@H]1c1ccc(OC)cc1. The highest BCUT2D eigenvalue weighted by molar-refractivity contribution is 6.01. The summed E-state index contributed by atoms with van der Waals surface area (Å²) in [6.07, 6.45) is 0.840. The minimum atomic E-state index is -0.605. The third-order valence-electron chi connectivity index (χ3n) is 7.29. The normalized spacial score (nSPS) is 16.9. The summed E-state index contributed by atoms with van der Waals surface area (Å²) in [4.78, 5) is 31.8. The number of carbonyl (C=O) groups is 2. The van der Waals surface area contributed by atoms with Crippen LogP contribution in [0.25, 0.3) is 0 Å². The van der Waals surface area contributed by atoms with Gasteiger partial charge < -0.3 is 19.9 Å². The maximum atomic E-state index is 13.9. The molecule has 0 radical (unpaired) electrons. The maximum Gasteiger partial charge on any atom is 0.255 e. The standard InChI is InChI=1S/C31H36FN3O3/c1-4-34(5-2)20-8-19-33-30(36)28-26-9-6-7-10-27(26)31(37)35(21-22-11-15-24(32)16-12-22)29(28)23-13-17-25(38-3)18-14-23/h6-7,9-18,28-29H,4-5,8,19-21H2,1-3H3,(H,33,36)/t28-,29+/m1/s1. The van der Waals surface area contributed by atoms with Crippen molar-refractivity contribution in [3.05, 3.63) is 101 Å². The Balaban J connectivity index is 1.71. The Morgan fingerprint density at radius 1 is 1.00 bits per heavy atom. The van der Waals surface area contributed by atoms with E-state index < -0.39 is 12.0 Å². The molecule has 1 N–H and O–H groups in total. The first-order chi connectivity index (χ1) is 18.5. The number of ether oxygens (including phenoxy) is 1. The molecule has 200 valence electrons. The molecule has 0 fully saturated rings. The zero-order valence-electron chi connectivity index (χ0n) is 22.3. The van der Waals surface area contributed by atoms with Gasteiger partial charge in [-0.25, -0.2) is 4.39 Å². The van der Waals surface area contributed by atoms with Crippen molar-refractivity contribution < 1.29 is 18.7 Å². The van der Waals surface area contributed by atoms with Crippen molar-refractivity contribution in [1.29, 1.82) is 0 Å². The van der Waals surface area contributed by atoms with Crippen molar-refractivity contribution in [3.8, 4) is 5.75 Å². The average Bonchev–Trinajstić information content (AvgIpc) is 2.95. The Hall–Kier alpha value is -3.71. The average molecular weight is 518 g/mol. The van der Waals surface area contributed by atoms with Gasteiger partial charge in [0, 0.05) is 18.7 Å². The predicted octanol–water partition coefficient (Wildman–Crippen LogP) is 5.16. The summed E-state index contributed by atoms with van der Waals surface area (Å²) in [5.41, 5.74) is 2.85. The van der Waals surface area contributed by atoms with E-state index in [2.05, 4.69) is 24.1 Å². The van der Waals surface area contributed by atoms with Gasteiger partial charge in [-0.05, 0) is 73.1 Å². The van der Waals surface area contributed by atoms with E-state index in [0.717, 1.165) is 42.7 Å². The van der Waals surface area contributed by atoms with Crippen molar-refractivity contribution in [2.75, 3.05) is 33.3 Å². The molecule has 38 heavy (non-hydrogen) atoms. The Bertz CT molecular complexity index is 1230. The van der Waals surface area contributed by atoms with E-state index in [0.29, 0.717) is 17.9 Å². The number of benzene rings is 3. The summed E-state index contributed by atoms with van der Waals surface area (Å²) in [7, 11) is 1.60. The third kappa shape index (κ3) is 6.05. The Labute approximate surface area is 224 Å². The highest BCUT2D eigenvalue weighted by atomic mass is 19.1. The molecule has 6 nitrogen and oxygen atoms in total. The molecule has 0 saturated carbocycles. The van der Waals surface area contributed by atoms with Crippen LogP contribution in [0.15, 0.2) is 72.8 Å². The second-order valence-electron chi connectivity index (χ2n) is 9.51. The van der Waals surface area contributed by atoms with Crippen LogP contribution in [-0.2, 0) is 11.3 Å². The number of hydrogen-bond acceptors (Lipinski definition) is 4. The Morgan fingerprint density at radius 3 is 2.34 bits per heavy atom.